The molecule has 1 fully saturated rings. The topological polar surface area (TPSA) is 41.6 Å². The van der Waals surface area contributed by atoms with E-state index in [1.807, 2.05) is 12.1 Å². The van der Waals surface area contributed by atoms with Gasteiger partial charge in [-0.1, -0.05) is 5.92 Å². The summed E-state index contributed by atoms with van der Waals surface area (Å²) >= 11 is 0. The van der Waals surface area contributed by atoms with Crippen molar-refractivity contribution in [2.75, 3.05) is 31.6 Å². The summed E-state index contributed by atoms with van der Waals surface area (Å²) < 4.78 is 4.97. The second-order valence-corrected chi connectivity index (χ2v) is 5.20. The zero-order valence-electron chi connectivity index (χ0n) is 12.5. The van der Waals surface area contributed by atoms with E-state index in [0.29, 0.717) is 18.2 Å². The highest BCUT2D eigenvalue weighted by atomic mass is 16.5. The quantitative estimate of drug-likeness (QED) is 0.666. The normalized spacial score (nSPS) is 16.2. The molecule has 4 nitrogen and oxygen atoms in total. The van der Waals surface area contributed by atoms with Gasteiger partial charge in [0.05, 0.1) is 18.7 Å². The van der Waals surface area contributed by atoms with Crippen molar-refractivity contribution in [3.05, 3.63) is 29.8 Å². The van der Waals surface area contributed by atoms with Crippen LogP contribution in [0, 0.1) is 12.3 Å². The molecule has 0 bridgehead atoms. The predicted octanol–water partition coefficient (Wildman–Crippen LogP) is 2.37. The van der Waals surface area contributed by atoms with E-state index in [-0.39, 0.29) is 5.97 Å². The van der Waals surface area contributed by atoms with E-state index < -0.39 is 0 Å². The van der Waals surface area contributed by atoms with E-state index in [0.717, 1.165) is 38.2 Å². The molecule has 1 aliphatic rings. The van der Waals surface area contributed by atoms with Crippen LogP contribution in [0.1, 0.15) is 30.1 Å². The molecular weight excluding hydrogens is 264 g/mol. The summed E-state index contributed by atoms with van der Waals surface area (Å²) in [5, 5.41) is 3.51. The number of esters is 1. The molecule has 1 saturated heterocycles. The van der Waals surface area contributed by atoms with Crippen LogP contribution in [0.15, 0.2) is 24.3 Å². The van der Waals surface area contributed by atoms with Crippen LogP contribution in [-0.4, -0.2) is 43.2 Å². The van der Waals surface area contributed by atoms with Crippen LogP contribution >= 0.6 is 0 Å². The standard InChI is InChI=1S/C17H22N2O2/c1-3-11-19-12-9-16(10-13-19)18-15-7-5-14(6-8-15)17(20)21-4-2/h1,5-8,16,18H,4,9-13H2,2H3. The second kappa shape index (κ2) is 7.70. The molecular formula is C17H22N2O2. The largest absolute Gasteiger partial charge is 0.462 e. The molecule has 1 aromatic rings. The lowest BCUT2D eigenvalue weighted by Gasteiger charge is -2.31. The highest BCUT2D eigenvalue weighted by Gasteiger charge is 2.18. The number of hydrogen-bond donors (Lipinski definition) is 1. The van der Waals surface area contributed by atoms with Crippen molar-refractivity contribution in [1.82, 2.24) is 4.90 Å². The zero-order valence-corrected chi connectivity index (χ0v) is 12.5. The van der Waals surface area contributed by atoms with Crippen LogP contribution in [0.5, 0.6) is 0 Å². The molecule has 0 saturated carbocycles. The lowest BCUT2D eigenvalue weighted by Crippen LogP contribution is -2.39. The Bertz CT molecular complexity index is 497. The van der Waals surface area contributed by atoms with Gasteiger partial charge in [-0.25, -0.2) is 4.79 Å². The Morgan fingerprint density at radius 1 is 1.38 bits per heavy atom. The number of rotatable bonds is 5. The lowest BCUT2D eigenvalue weighted by molar-refractivity contribution is 0.0526. The van der Waals surface area contributed by atoms with Crippen molar-refractivity contribution in [2.45, 2.75) is 25.8 Å². The Morgan fingerprint density at radius 3 is 2.62 bits per heavy atom. The molecule has 112 valence electrons. The van der Waals surface area contributed by atoms with Gasteiger partial charge in [-0.3, -0.25) is 4.90 Å². The third-order valence-corrected chi connectivity index (χ3v) is 3.67. The fourth-order valence-electron chi connectivity index (χ4n) is 2.52. The predicted molar refractivity (Wildman–Crippen MR) is 84.3 cm³/mol. The SMILES string of the molecule is C#CCN1CCC(Nc2ccc(C(=O)OCC)cc2)CC1. The summed E-state index contributed by atoms with van der Waals surface area (Å²) in [6, 6.07) is 7.93. The number of likely N-dealkylation sites (tertiary alicyclic amines) is 1. The van der Waals surface area contributed by atoms with Crippen molar-refractivity contribution in [3.8, 4) is 12.3 Å². The van der Waals surface area contributed by atoms with Gasteiger partial charge in [0.2, 0.25) is 0 Å². The molecule has 1 aliphatic heterocycles. The summed E-state index contributed by atoms with van der Waals surface area (Å²) in [6.45, 7) is 5.00. The first-order chi connectivity index (χ1) is 10.2. The summed E-state index contributed by atoms with van der Waals surface area (Å²) in [5.74, 6) is 2.42. The lowest BCUT2D eigenvalue weighted by atomic mass is 10.0. The van der Waals surface area contributed by atoms with Crippen LogP contribution in [0.2, 0.25) is 0 Å². The molecule has 0 atom stereocenters. The maximum Gasteiger partial charge on any atom is 0.338 e. The van der Waals surface area contributed by atoms with Crippen molar-refractivity contribution >= 4 is 11.7 Å². The van der Waals surface area contributed by atoms with Crippen LogP contribution in [-0.2, 0) is 4.74 Å². The summed E-state index contributed by atoms with van der Waals surface area (Å²) in [7, 11) is 0. The second-order valence-electron chi connectivity index (χ2n) is 5.20. The monoisotopic (exact) mass is 286 g/mol. The van der Waals surface area contributed by atoms with Crippen LogP contribution in [0.25, 0.3) is 0 Å². The molecule has 4 heteroatoms. The van der Waals surface area contributed by atoms with Crippen LogP contribution in [0.3, 0.4) is 0 Å². The molecule has 0 unspecified atom stereocenters. The van der Waals surface area contributed by atoms with E-state index in [1.54, 1.807) is 19.1 Å². The van der Waals surface area contributed by atoms with E-state index in [9.17, 15) is 4.79 Å². The van der Waals surface area contributed by atoms with Crippen molar-refractivity contribution in [1.29, 1.82) is 0 Å². The maximum absolute atomic E-state index is 11.6. The fraction of sp³-hybridized carbons (Fsp3) is 0.471. The molecule has 1 N–H and O–H groups in total. The maximum atomic E-state index is 11.6. The van der Waals surface area contributed by atoms with Crippen molar-refractivity contribution in [2.24, 2.45) is 0 Å². The molecule has 0 radical (unpaired) electrons. The minimum atomic E-state index is -0.272. The zero-order chi connectivity index (χ0) is 15.1. The molecule has 0 aromatic heterocycles. The molecule has 0 aliphatic carbocycles. The number of carbonyl (C=O) groups excluding carboxylic acids is 1. The van der Waals surface area contributed by atoms with E-state index in [2.05, 4.69) is 16.1 Å². The van der Waals surface area contributed by atoms with Gasteiger partial charge in [0.15, 0.2) is 0 Å². The first kappa shape index (κ1) is 15.4. The Labute approximate surface area is 126 Å². The molecule has 1 aromatic carbocycles. The number of terminal acetylenes is 1. The van der Waals surface area contributed by atoms with Gasteiger partial charge in [0.1, 0.15) is 0 Å². The number of carbonyl (C=O) groups is 1. The van der Waals surface area contributed by atoms with E-state index >= 15 is 0 Å². The average Bonchev–Trinajstić information content (AvgIpc) is 2.50. The Morgan fingerprint density at radius 2 is 2.05 bits per heavy atom. The number of hydrogen-bond acceptors (Lipinski definition) is 4. The Hall–Kier alpha value is -1.99. The van der Waals surface area contributed by atoms with Gasteiger partial charge in [-0.05, 0) is 44.0 Å². The smallest absolute Gasteiger partial charge is 0.338 e. The van der Waals surface area contributed by atoms with Gasteiger partial charge in [0.25, 0.3) is 0 Å². The Balaban J connectivity index is 1.84. The minimum Gasteiger partial charge on any atom is -0.462 e. The van der Waals surface area contributed by atoms with Gasteiger partial charge < -0.3 is 10.1 Å². The highest BCUT2D eigenvalue weighted by Crippen LogP contribution is 2.17. The first-order valence-electron chi connectivity index (χ1n) is 7.42. The number of anilines is 1. The van der Waals surface area contributed by atoms with Gasteiger partial charge >= 0.3 is 5.97 Å². The highest BCUT2D eigenvalue weighted by molar-refractivity contribution is 5.89. The Kier molecular flexibility index (Phi) is 5.65. The number of ether oxygens (including phenoxy) is 1. The van der Waals surface area contributed by atoms with Crippen molar-refractivity contribution < 1.29 is 9.53 Å². The molecule has 0 spiro atoms. The van der Waals surface area contributed by atoms with Crippen molar-refractivity contribution in [3.63, 3.8) is 0 Å². The summed E-state index contributed by atoms with van der Waals surface area (Å²) in [5.41, 5.74) is 1.63. The molecule has 0 amide bonds. The minimum absolute atomic E-state index is 0.272. The van der Waals surface area contributed by atoms with Gasteiger partial charge in [0, 0.05) is 24.8 Å². The number of piperidine rings is 1. The summed E-state index contributed by atoms with van der Waals surface area (Å²) in [4.78, 5) is 13.9. The first-order valence-corrected chi connectivity index (χ1v) is 7.42. The fourth-order valence-corrected chi connectivity index (χ4v) is 2.52. The van der Waals surface area contributed by atoms with Gasteiger partial charge in [-0.2, -0.15) is 0 Å². The molecule has 2 rings (SSSR count). The number of nitrogens with zero attached hydrogens (tertiary/aromatic N) is 1. The van der Waals surface area contributed by atoms with Crippen LogP contribution in [0.4, 0.5) is 5.69 Å². The summed E-state index contributed by atoms with van der Waals surface area (Å²) in [6.07, 6.45) is 7.50. The molecule has 21 heavy (non-hydrogen) atoms. The number of benzene rings is 1. The average molecular weight is 286 g/mol. The third-order valence-electron chi connectivity index (χ3n) is 3.67. The van der Waals surface area contributed by atoms with E-state index in [4.69, 9.17) is 11.2 Å². The number of nitrogens with one attached hydrogen (secondary N) is 1. The molecule has 1 heterocycles. The van der Waals surface area contributed by atoms with E-state index in [1.165, 1.54) is 0 Å². The van der Waals surface area contributed by atoms with Crippen LogP contribution < -0.4 is 5.32 Å². The third kappa shape index (κ3) is 4.51. The van der Waals surface area contributed by atoms with Gasteiger partial charge in [-0.15, -0.1) is 6.42 Å².